The summed E-state index contributed by atoms with van der Waals surface area (Å²) in [4.78, 5) is 4.52. The molecule has 5 nitrogen and oxygen atoms in total. The second kappa shape index (κ2) is 11.9. The average molecular weight is 488 g/mol. The highest BCUT2D eigenvalue weighted by Crippen LogP contribution is 2.15. The second-order valence-electron chi connectivity index (χ2n) is 5.57. The monoisotopic (exact) mass is 487 g/mol. The molecular formula is C16H27ClIN3O2S. The third-order valence-electron chi connectivity index (χ3n) is 3.26. The largest absolute Gasteiger partial charge is 0.357 e. The highest BCUT2D eigenvalue weighted by Gasteiger charge is 2.09. The smallest absolute Gasteiger partial charge is 0.191 e. The maximum atomic E-state index is 11.2. The van der Waals surface area contributed by atoms with Crippen LogP contribution in [0.5, 0.6) is 0 Å². The van der Waals surface area contributed by atoms with Crippen molar-refractivity contribution in [1.29, 1.82) is 0 Å². The molecule has 0 heterocycles. The minimum atomic E-state index is -2.94. The van der Waals surface area contributed by atoms with Gasteiger partial charge < -0.3 is 10.6 Å². The standard InChI is InChI=1S/C16H26ClN3O2S.HI/c1-4-18-16(20-13(2)10-12-23(3,21)22)19-11-9-14-7-5-6-8-15(14)17;/h5-8,13H,4,9-12H2,1-3H3,(H2,18,19,20);1H. The number of nitrogens with one attached hydrogen (secondary N) is 2. The van der Waals surface area contributed by atoms with Gasteiger partial charge in [0.1, 0.15) is 9.84 Å². The minimum absolute atomic E-state index is 0. The number of nitrogens with zero attached hydrogens (tertiary/aromatic N) is 1. The molecule has 0 aromatic heterocycles. The Morgan fingerprint density at radius 1 is 1.33 bits per heavy atom. The third-order valence-corrected chi connectivity index (χ3v) is 4.60. The van der Waals surface area contributed by atoms with Gasteiger partial charge in [-0.1, -0.05) is 29.8 Å². The highest BCUT2D eigenvalue weighted by molar-refractivity contribution is 14.0. The molecule has 0 aliphatic carbocycles. The maximum absolute atomic E-state index is 11.2. The third kappa shape index (κ3) is 10.4. The summed E-state index contributed by atoms with van der Waals surface area (Å²) in [7, 11) is -2.94. The molecular weight excluding hydrogens is 461 g/mol. The first-order chi connectivity index (χ1) is 10.8. The maximum Gasteiger partial charge on any atom is 0.191 e. The Kier molecular flexibility index (Phi) is 11.6. The minimum Gasteiger partial charge on any atom is -0.357 e. The first-order valence-electron chi connectivity index (χ1n) is 7.77. The lowest BCUT2D eigenvalue weighted by Gasteiger charge is -2.17. The van der Waals surface area contributed by atoms with Crippen LogP contribution >= 0.6 is 35.6 Å². The Morgan fingerprint density at radius 2 is 2.00 bits per heavy atom. The fraction of sp³-hybridized carbons (Fsp3) is 0.562. The summed E-state index contributed by atoms with van der Waals surface area (Å²) < 4.78 is 22.4. The SMILES string of the molecule is CCNC(=NCCc1ccccc1Cl)NC(C)CCS(C)(=O)=O.I. The number of benzene rings is 1. The fourth-order valence-corrected chi connectivity index (χ4v) is 3.02. The highest BCUT2D eigenvalue weighted by atomic mass is 127. The number of hydrogen-bond donors (Lipinski definition) is 2. The number of guanidine groups is 1. The van der Waals surface area contributed by atoms with E-state index in [-0.39, 0.29) is 35.8 Å². The lowest BCUT2D eigenvalue weighted by molar-refractivity contribution is 0.581. The Morgan fingerprint density at radius 3 is 2.58 bits per heavy atom. The first kappa shape index (κ1) is 23.5. The number of aliphatic imine (C=N–C) groups is 1. The van der Waals surface area contributed by atoms with Gasteiger partial charge in [0.2, 0.25) is 0 Å². The van der Waals surface area contributed by atoms with Gasteiger partial charge in [-0.05, 0) is 38.3 Å². The average Bonchev–Trinajstić information content (AvgIpc) is 2.46. The van der Waals surface area contributed by atoms with Crippen molar-refractivity contribution >= 4 is 51.4 Å². The van der Waals surface area contributed by atoms with Gasteiger partial charge in [0, 0.05) is 30.4 Å². The molecule has 0 aliphatic rings. The summed E-state index contributed by atoms with van der Waals surface area (Å²) in [5, 5.41) is 7.15. The van der Waals surface area contributed by atoms with Crippen molar-refractivity contribution in [2.75, 3.05) is 25.1 Å². The van der Waals surface area contributed by atoms with Crippen LogP contribution in [-0.4, -0.2) is 45.5 Å². The molecule has 0 fully saturated rings. The molecule has 0 bridgehead atoms. The van der Waals surface area contributed by atoms with Crippen molar-refractivity contribution < 1.29 is 8.42 Å². The molecule has 0 saturated heterocycles. The topological polar surface area (TPSA) is 70.6 Å². The van der Waals surface area contributed by atoms with E-state index in [0.717, 1.165) is 23.6 Å². The Hall–Kier alpha value is -0.540. The zero-order valence-electron chi connectivity index (χ0n) is 14.4. The van der Waals surface area contributed by atoms with Gasteiger partial charge in [-0.15, -0.1) is 24.0 Å². The summed E-state index contributed by atoms with van der Waals surface area (Å²) >= 11 is 6.13. The summed E-state index contributed by atoms with van der Waals surface area (Å²) in [6.45, 7) is 5.30. The summed E-state index contributed by atoms with van der Waals surface area (Å²) in [6.07, 6.45) is 2.56. The molecule has 0 aliphatic heterocycles. The van der Waals surface area contributed by atoms with E-state index in [1.54, 1.807) is 0 Å². The van der Waals surface area contributed by atoms with E-state index in [2.05, 4.69) is 15.6 Å². The zero-order valence-corrected chi connectivity index (χ0v) is 18.3. The quantitative estimate of drug-likeness (QED) is 0.336. The zero-order chi connectivity index (χ0) is 17.3. The lowest BCUT2D eigenvalue weighted by atomic mass is 10.1. The van der Waals surface area contributed by atoms with Crippen LogP contribution in [0.4, 0.5) is 0 Å². The number of rotatable bonds is 8. The van der Waals surface area contributed by atoms with E-state index < -0.39 is 9.84 Å². The molecule has 1 unspecified atom stereocenters. The van der Waals surface area contributed by atoms with Crippen LogP contribution in [0.25, 0.3) is 0 Å². The number of hydrogen-bond acceptors (Lipinski definition) is 3. The molecule has 0 saturated carbocycles. The first-order valence-corrected chi connectivity index (χ1v) is 10.2. The van der Waals surface area contributed by atoms with Gasteiger partial charge in [0.05, 0.1) is 5.75 Å². The summed E-state index contributed by atoms with van der Waals surface area (Å²) in [6, 6.07) is 7.76. The van der Waals surface area contributed by atoms with Crippen LogP contribution in [0.3, 0.4) is 0 Å². The molecule has 0 radical (unpaired) electrons. The molecule has 0 amide bonds. The second-order valence-corrected chi connectivity index (χ2v) is 8.23. The van der Waals surface area contributed by atoms with Crippen molar-refractivity contribution in [1.82, 2.24) is 10.6 Å². The molecule has 8 heteroatoms. The van der Waals surface area contributed by atoms with E-state index in [0.29, 0.717) is 18.9 Å². The van der Waals surface area contributed by atoms with Gasteiger partial charge in [0.15, 0.2) is 5.96 Å². The normalized spacial score (nSPS) is 13.1. The van der Waals surface area contributed by atoms with Crippen LogP contribution < -0.4 is 10.6 Å². The summed E-state index contributed by atoms with van der Waals surface area (Å²) in [5.41, 5.74) is 1.07. The molecule has 1 atom stereocenters. The Balaban J connectivity index is 0.00000529. The van der Waals surface area contributed by atoms with Crippen molar-refractivity contribution in [2.45, 2.75) is 32.7 Å². The lowest BCUT2D eigenvalue weighted by Crippen LogP contribution is -2.43. The van der Waals surface area contributed by atoms with Crippen LogP contribution in [0, 0.1) is 0 Å². The van der Waals surface area contributed by atoms with Gasteiger partial charge >= 0.3 is 0 Å². The van der Waals surface area contributed by atoms with Crippen LogP contribution in [0.15, 0.2) is 29.3 Å². The van der Waals surface area contributed by atoms with Crippen LogP contribution in [0.2, 0.25) is 5.02 Å². The van der Waals surface area contributed by atoms with Gasteiger partial charge in [-0.3, -0.25) is 4.99 Å². The Labute approximate surface area is 167 Å². The molecule has 24 heavy (non-hydrogen) atoms. The predicted octanol–water partition coefficient (Wildman–Crippen LogP) is 2.88. The van der Waals surface area contributed by atoms with Gasteiger partial charge in [-0.25, -0.2) is 8.42 Å². The molecule has 1 rings (SSSR count). The van der Waals surface area contributed by atoms with Gasteiger partial charge in [-0.2, -0.15) is 0 Å². The summed E-state index contributed by atoms with van der Waals surface area (Å²) in [5.74, 6) is 0.862. The van der Waals surface area contributed by atoms with Crippen molar-refractivity contribution in [3.05, 3.63) is 34.9 Å². The van der Waals surface area contributed by atoms with Crippen molar-refractivity contribution in [3.8, 4) is 0 Å². The van der Waals surface area contributed by atoms with E-state index in [4.69, 9.17) is 11.6 Å². The molecule has 1 aromatic rings. The van der Waals surface area contributed by atoms with E-state index >= 15 is 0 Å². The number of halogens is 2. The van der Waals surface area contributed by atoms with Crippen molar-refractivity contribution in [3.63, 3.8) is 0 Å². The molecule has 0 spiro atoms. The van der Waals surface area contributed by atoms with E-state index in [9.17, 15) is 8.42 Å². The van der Waals surface area contributed by atoms with Crippen LogP contribution in [0.1, 0.15) is 25.8 Å². The van der Waals surface area contributed by atoms with E-state index in [1.165, 1.54) is 6.26 Å². The molecule has 1 aromatic carbocycles. The Bertz CT molecular complexity index is 624. The predicted molar refractivity (Wildman–Crippen MR) is 113 cm³/mol. The molecule has 2 N–H and O–H groups in total. The van der Waals surface area contributed by atoms with Crippen LogP contribution in [-0.2, 0) is 16.3 Å². The molecule has 138 valence electrons. The van der Waals surface area contributed by atoms with Gasteiger partial charge in [0.25, 0.3) is 0 Å². The van der Waals surface area contributed by atoms with E-state index in [1.807, 2.05) is 38.1 Å². The number of sulfone groups is 1. The van der Waals surface area contributed by atoms with Crippen molar-refractivity contribution in [2.24, 2.45) is 4.99 Å². The fourth-order valence-electron chi connectivity index (χ4n) is 2.01.